The molecule has 2 rings (SSSR count). The summed E-state index contributed by atoms with van der Waals surface area (Å²) in [7, 11) is 0. The van der Waals surface area contributed by atoms with Crippen LogP contribution < -0.4 is 11.1 Å². The molecule has 2 heterocycles. The van der Waals surface area contributed by atoms with Gasteiger partial charge in [-0.05, 0) is 6.92 Å². The topological polar surface area (TPSA) is 112 Å². The molecule has 0 aliphatic heterocycles. The molecule has 0 aliphatic carbocycles. The molecule has 0 spiro atoms. The van der Waals surface area contributed by atoms with Crippen molar-refractivity contribution >= 4 is 11.7 Å². The highest BCUT2D eigenvalue weighted by molar-refractivity contribution is 5.94. The summed E-state index contributed by atoms with van der Waals surface area (Å²) >= 11 is 0. The number of hydrogen-bond donors (Lipinski definition) is 4. The number of carbonyl (C=O) groups is 1. The van der Waals surface area contributed by atoms with Crippen molar-refractivity contribution in [2.24, 2.45) is 5.73 Å². The molecule has 0 fully saturated rings. The van der Waals surface area contributed by atoms with Gasteiger partial charge in [-0.25, -0.2) is 4.98 Å². The minimum absolute atomic E-state index is 0.272. The summed E-state index contributed by atoms with van der Waals surface area (Å²) in [6.45, 7) is 1.85. The van der Waals surface area contributed by atoms with Gasteiger partial charge in [0, 0.05) is 30.1 Å². The SMILES string of the molecule is Cc1cc(NC(=O)[C@@H](N)Cc2cnc[nH]2)n[nH]1. The lowest BCUT2D eigenvalue weighted by molar-refractivity contribution is -0.117. The van der Waals surface area contributed by atoms with Crippen molar-refractivity contribution in [2.45, 2.75) is 19.4 Å². The molecule has 7 nitrogen and oxygen atoms in total. The Balaban J connectivity index is 1.91. The quantitative estimate of drug-likeness (QED) is 0.594. The van der Waals surface area contributed by atoms with Crippen LogP contribution in [0.5, 0.6) is 0 Å². The Kier molecular flexibility index (Phi) is 3.20. The van der Waals surface area contributed by atoms with Crippen LogP contribution in [0.1, 0.15) is 11.4 Å². The van der Waals surface area contributed by atoms with Crippen molar-refractivity contribution in [3.05, 3.63) is 30.0 Å². The van der Waals surface area contributed by atoms with Gasteiger partial charge in [0.05, 0.1) is 12.4 Å². The smallest absolute Gasteiger partial charge is 0.242 e. The average molecular weight is 234 g/mol. The van der Waals surface area contributed by atoms with Gasteiger partial charge in [0.2, 0.25) is 5.91 Å². The van der Waals surface area contributed by atoms with Gasteiger partial charge in [-0.2, -0.15) is 5.10 Å². The summed E-state index contributed by atoms with van der Waals surface area (Å²) in [6.07, 6.45) is 3.61. The number of anilines is 1. The third-order valence-electron chi connectivity index (χ3n) is 2.29. The van der Waals surface area contributed by atoms with Crippen LogP contribution in [-0.4, -0.2) is 32.1 Å². The Morgan fingerprint density at radius 2 is 2.47 bits per heavy atom. The molecular formula is C10H14N6O. The van der Waals surface area contributed by atoms with E-state index in [-0.39, 0.29) is 5.91 Å². The highest BCUT2D eigenvalue weighted by Crippen LogP contribution is 2.05. The summed E-state index contributed by atoms with van der Waals surface area (Å²) in [5.74, 6) is 0.207. The molecule has 2 aromatic heterocycles. The second-order valence-electron chi connectivity index (χ2n) is 3.81. The van der Waals surface area contributed by atoms with Crippen LogP contribution in [0, 0.1) is 6.92 Å². The Morgan fingerprint density at radius 3 is 3.06 bits per heavy atom. The zero-order chi connectivity index (χ0) is 12.3. The van der Waals surface area contributed by atoms with Crippen molar-refractivity contribution in [3.8, 4) is 0 Å². The van der Waals surface area contributed by atoms with Gasteiger partial charge in [-0.15, -0.1) is 0 Å². The van der Waals surface area contributed by atoms with Gasteiger partial charge in [0.15, 0.2) is 5.82 Å². The van der Waals surface area contributed by atoms with E-state index >= 15 is 0 Å². The average Bonchev–Trinajstić information content (AvgIpc) is 2.90. The van der Waals surface area contributed by atoms with Crippen LogP contribution in [0.15, 0.2) is 18.6 Å². The maximum Gasteiger partial charge on any atom is 0.242 e. The summed E-state index contributed by atoms with van der Waals surface area (Å²) in [5, 5.41) is 9.27. The van der Waals surface area contributed by atoms with Gasteiger partial charge in [0.25, 0.3) is 0 Å². The summed E-state index contributed by atoms with van der Waals surface area (Å²) in [4.78, 5) is 18.5. The maximum absolute atomic E-state index is 11.7. The lowest BCUT2D eigenvalue weighted by Crippen LogP contribution is -2.37. The van der Waals surface area contributed by atoms with Crippen molar-refractivity contribution in [1.82, 2.24) is 20.2 Å². The maximum atomic E-state index is 11.7. The van der Waals surface area contributed by atoms with E-state index in [1.54, 1.807) is 18.6 Å². The van der Waals surface area contributed by atoms with E-state index in [1.807, 2.05) is 6.92 Å². The minimum atomic E-state index is -0.632. The molecular weight excluding hydrogens is 220 g/mol. The van der Waals surface area contributed by atoms with E-state index in [4.69, 9.17) is 5.73 Å². The molecule has 0 unspecified atom stereocenters. The number of nitrogens with zero attached hydrogens (tertiary/aromatic N) is 2. The number of aromatic nitrogens is 4. The summed E-state index contributed by atoms with van der Waals surface area (Å²) in [6, 6.07) is 1.10. The lowest BCUT2D eigenvalue weighted by Gasteiger charge is -2.09. The number of aryl methyl sites for hydroxylation is 1. The van der Waals surface area contributed by atoms with Crippen LogP contribution in [0.4, 0.5) is 5.82 Å². The first-order chi connectivity index (χ1) is 8.15. The van der Waals surface area contributed by atoms with E-state index in [9.17, 15) is 4.79 Å². The number of nitrogens with one attached hydrogen (secondary N) is 3. The molecule has 0 radical (unpaired) electrons. The molecule has 2 aromatic rings. The van der Waals surface area contributed by atoms with Crippen LogP contribution in [-0.2, 0) is 11.2 Å². The van der Waals surface area contributed by atoms with Crippen LogP contribution in [0.2, 0.25) is 0 Å². The molecule has 0 saturated carbocycles. The van der Waals surface area contributed by atoms with Crippen molar-refractivity contribution in [2.75, 3.05) is 5.32 Å². The first-order valence-corrected chi connectivity index (χ1v) is 5.21. The zero-order valence-corrected chi connectivity index (χ0v) is 9.40. The second-order valence-corrected chi connectivity index (χ2v) is 3.81. The van der Waals surface area contributed by atoms with E-state index in [0.29, 0.717) is 12.2 Å². The van der Waals surface area contributed by atoms with Gasteiger partial charge >= 0.3 is 0 Å². The van der Waals surface area contributed by atoms with E-state index in [0.717, 1.165) is 11.4 Å². The highest BCUT2D eigenvalue weighted by atomic mass is 16.2. The fraction of sp³-hybridized carbons (Fsp3) is 0.300. The summed E-state index contributed by atoms with van der Waals surface area (Å²) < 4.78 is 0. The second kappa shape index (κ2) is 4.79. The van der Waals surface area contributed by atoms with E-state index in [1.165, 1.54) is 0 Å². The molecule has 1 amide bonds. The molecule has 7 heteroatoms. The van der Waals surface area contributed by atoms with Gasteiger partial charge in [-0.1, -0.05) is 0 Å². The summed E-state index contributed by atoms with van der Waals surface area (Å²) in [5.41, 5.74) is 7.47. The zero-order valence-electron chi connectivity index (χ0n) is 9.40. The molecule has 90 valence electrons. The van der Waals surface area contributed by atoms with Crippen molar-refractivity contribution < 1.29 is 4.79 Å². The van der Waals surface area contributed by atoms with Crippen LogP contribution >= 0.6 is 0 Å². The Labute approximate surface area is 97.8 Å². The molecule has 0 aliphatic rings. The number of amides is 1. The lowest BCUT2D eigenvalue weighted by atomic mass is 10.1. The van der Waals surface area contributed by atoms with Crippen molar-refractivity contribution in [1.29, 1.82) is 0 Å². The van der Waals surface area contributed by atoms with Gasteiger partial charge < -0.3 is 16.0 Å². The third kappa shape index (κ3) is 2.91. The molecule has 0 aromatic carbocycles. The highest BCUT2D eigenvalue weighted by Gasteiger charge is 2.15. The Hall–Kier alpha value is -2.15. The van der Waals surface area contributed by atoms with E-state index < -0.39 is 6.04 Å². The van der Waals surface area contributed by atoms with Crippen LogP contribution in [0.3, 0.4) is 0 Å². The number of imidazole rings is 1. The Morgan fingerprint density at radius 1 is 1.65 bits per heavy atom. The normalized spacial score (nSPS) is 12.4. The third-order valence-corrected chi connectivity index (χ3v) is 2.29. The molecule has 5 N–H and O–H groups in total. The predicted octanol–water partition coefficient (Wildman–Crippen LogP) is -0.0503. The number of hydrogen-bond acceptors (Lipinski definition) is 4. The largest absolute Gasteiger partial charge is 0.348 e. The number of nitrogens with two attached hydrogens (primary N) is 1. The number of aromatic amines is 2. The standard InChI is InChI=1S/C10H14N6O/c1-6-2-9(16-15-6)14-10(17)8(11)3-7-4-12-5-13-7/h2,4-5,8H,3,11H2,1H3,(H,12,13)(H2,14,15,16,17)/t8-/m0/s1. The van der Waals surface area contributed by atoms with Gasteiger partial charge in [-0.3, -0.25) is 9.89 Å². The van der Waals surface area contributed by atoms with Gasteiger partial charge in [0.1, 0.15) is 0 Å². The van der Waals surface area contributed by atoms with E-state index in [2.05, 4.69) is 25.5 Å². The number of H-pyrrole nitrogens is 2. The predicted molar refractivity (Wildman–Crippen MR) is 62.2 cm³/mol. The molecule has 0 saturated heterocycles. The minimum Gasteiger partial charge on any atom is -0.348 e. The first kappa shape index (κ1) is 11.3. The number of rotatable bonds is 4. The Bertz CT molecular complexity index is 489. The fourth-order valence-corrected chi connectivity index (χ4v) is 1.43. The molecule has 1 atom stereocenters. The fourth-order valence-electron chi connectivity index (χ4n) is 1.43. The molecule has 17 heavy (non-hydrogen) atoms. The van der Waals surface area contributed by atoms with Crippen LogP contribution in [0.25, 0.3) is 0 Å². The number of carbonyl (C=O) groups excluding carboxylic acids is 1. The first-order valence-electron chi connectivity index (χ1n) is 5.21. The monoisotopic (exact) mass is 234 g/mol. The van der Waals surface area contributed by atoms with Crippen molar-refractivity contribution in [3.63, 3.8) is 0 Å². The molecule has 0 bridgehead atoms.